The molecule has 1 saturated heterocycles. The van der Waals surface area contributed by atoms with Gasteiger partial charge < -0.3 is 20.4 Å². The number of H-pyrrole nitrogens is 1. The van der Waals surface area contributed by atoms with Crippen molar-refractivity contribution in [2.24, 2.45) is 0 Å². The maximum atomic E-state index is 12.3. The quantitative estimate of drug-likeness (QED) is 0.747. The molecule has 0 spiro atoms. The number of aromatic nitrogens is 1. The highest BCUT2D eigenvalue weighted by atomic mass is 35.5. The molecule has 1 fully saturated rings. The Morgan fingerprint density at radius 2 is 2.16 bits per heavy atom. The number of carbonyl (C=O) groups is 2. The first-order valence-corrected chi connectivity index (χ1v) is 8.95. The fourth-order valence-electron chi connectivity index (χ4n) is 3.42. The van der Waals surface area contributed by atoms with Gasteiger partial charge in [-0.15, -0.1) is 0 Å². The van der Waals surface area contributed by atoms with Crippen molar-refractivity contribution in [3.8, 4) is 0 Å². The predicted octanol–water partition coefficient (Wildman–Crippen LogP) is 2.98. The zero-order valence-corrected chi connectivity index (χ0v) is 15.1. The van der Waals surface area contributed by atoms with Crippen LogP contribution in [0.2, 0.25) is 10.0 Å². The predicted molar refractivity (Wildman–Crippen MR) is 96.4 cm³/mol. The normalized spacial score (nSPS) is 22.8. The second-order valence-electron chi connectivity index (χ2n) is 6.39. The van der Waals surface area contributed by atoms with E-state index in [1.54, 1.807) is 6.07 Å². The Bertz CT molecular complexity index is 889. The summed E-state index contributed by atoms with van der Waals surface area (Å²) in [5, 5.41) is 7.24. The van der Waals surface area contributed by atoms with Crippen LogP contribution >= 0.6 is 23.2 Å². The zero-order valence-electron chi connectivity index (χ0n) is 13.5. The van der Waals surface area contributed by atoms with Crippen molar-refractivity contribution in [2.75, 3.05) is 18.5 Å². The molecule has 4 rings (SSSR count). The Balaban J connectivity index is 1.89. The second-order valence-corrected chi connectivity index (χ2v) is 7.17. The highest BCUT2D eigenvalue weighted by Gasteiger charge is 2.31. The lowest BCUT2D eigenvalue weighted by Crippen LogP contribution is -2.39. The minimum Gasteiger partial charge on any atom is -0.368 e. The molecule has 3 heterocycles. The fourth-order valence-corrected chi connectivity index (χ4v) is 3.82. The number of aromatic amines is 1. The summed E-state index contributed by atoms with van der Waals surface area (Å²) >= 11 is 12.6. The minimum atomic E-state index is -0.442. The van der Waals surface area contributed by atoms with Crippen molar-refractivity contribution in [3.05, 3.63) is 27.4 Å². The molecule has 3 N–H and O–H groups in total. The van der Waals surface area contributed by atoms with Crippen molar-refractivity contribution in [3.63, 3.8) is 0 Å². The summed E-state index contributed by atoms with van der Waals surface area (Å²) in [5.74, 6) is -0.629. The second kappa shape index (κ2) is 6.20. The SMILES string of the molecule is CC1C(=O)NCCc2[nH]c3c(Cl)c(Cl)cc(NC(=O)C4CCO4)c3c21. The van der Waals surface area contributed by atoms with Crippen LogP contribution in [-0.4, -0.2) is 36.1 Å². The number of fused-ring (bicyclic) bond motifs is 3. The molecule has 1 aromatic heterocycles. The topological polar surface area (TPSA) is 83.2 Å². The van der Waals surface area contributed by atoms with Crippen LogP contribution in [0.25, 0.3) is 10.9 Å². The maximum Gasteiger partial charge on any atom is 0.253 e. The van der Waals surface area contributed by atoms with Gasteiger partial charge >= 0.3 is 0 Å². The van der Waals surface area contributed by atoms with Gasteiger partial charge in [0.2, 0.25) is 5.91 Å². The first-order valence-electron chi connectivity index (χ1n) is 8.20. The molecule has 2 atom stereocenters. The lowest BCUT2D eigenvalue weighted by Gasteiger charge is -2.25. The summed E-state index contributed by atoms with van der Waals surface area (Å²) < 4.78 is 5.24. The third-order valence-electron chi connectivity index (χ3n) is 4.84. The van der Waals surface area contributed by atoms with Gasteiger partial charge in [0.25, 0.3) is 5.91 Å². The first kappa shape index (κ1) is 16.7. The van der Waals surface area contributed by atoms with E-state index in [1.807, 2.05) is 6.92 Å². The number of halogens is 2. The number of rotatable bonds is 2. The number of hydrogen-bond donors (Lipinski definition) is 3. The smallest absolute Gasteiger partial charge is 0.253 e. The number of ether oxygens (including phenoxy) is 1. The molecule has 0 radical (unpaired) electrons. The number of carbonyl (C=O) groups excluding carboxylic acids is 2. The first-order chi connectivity index (χ1) is 12.0. The van der Waals surface area contributed by atoms with Crippen LogP contribution in [0.4, 0.5) is 5.69 Å². The lowest BCUT2D eigenvalue weighted by molar-refractivity contribution is -0.139. The standard InChI is InChI=1S/C17H17Cl2N3O3/c1-7-12-9(2-4-20-16(7)23)21-15-13(12)10(6-8(18)14(15)19)22-17(24)11-3-5-25-11/h6-7,11,21H,2-5H2,1H3,(H,20,23)(H,22,24). The molecule has 132 valence electrons. The molecule has 2 aliphatic rings. The summed E-state index contributed by atoms with van der Waals surface area (Å²) in [7, 11) is 0. The van der Waals surface area contributed by atoms with Gasteiger partial charge in [-0.05, 0) is 18.6 Å². The highest BCUT2D eigenvalue weighted by Crippen LogP contribution is 2.42. The Morgan fingerprint density at radius 3 is 2.84 bits per heavy atom. The lowest BCUT2D eigenvalue weighted by atomic mass is 9.96. The Labute approximate surface area is 154 Å². The zero-order chi connectivity index (χ0) is 17.7. The van der Waals surface area contributed by atoms with Crippen LogP contribution in [-0.2, 0) is 20.7 Å². The molecule has 25 heavy (non-hydrogen) atoms. The average molecular weight is 382 g/mol. The summed E-state index contributed by atoms with van der Waals surface area (Å²) in [6.45, 7) is 2.98. The van der Waals surface area contributed by atoms with Crippen molar-refractivity contribution in [1.82, 2.24) is 10.3 Å². The molecule has 0 bridgehead atoms. The van der Waals surface area contributed by atoms with E-state index >= 15 is 0 Å². The summed E-state index contributed by atoms with van der Waals surface area (Å²) in [4.78, 5) is 27.9. The maximum absolute atomic E-state index is 12.3. The van der Waals surface area contributed by atoms with Gasteiger partial charge in [0.05, 0.1) is 33.8 Å². The van der Waals surface area contributed by atoms with Crippen LogP contribution in [0.15, 0.2) is 6.07 Å². The number of nitrogens with one attached hydrogen (secondary N) is 3. The molecule has 1 aromatic carbocycles. The van der Waals surface area contributed by atoms with Crippen molar-refractivity contribution >= 4 is 51.6 Å². The third kappa shape index (κ3) is 2.69. The molecular formula is C17H17Cl2N3O3. The van der Waals surface area contributed by atoms with Crippen molar-refractivity contribution in [1.29, 1.82) is 0 Å². The van der Waals surface area contributed by atoms with Crippen LogP contribution in [0.5, 0.6) is 0 Å². The fraction of sp³-hybridized carbons (Fsp3) is 0.412. The minimum absolute atomic E-state index is 0.0506. The van der Waals surface area contributed by atoms with E-state index in [4.69, 9.17) is 27.9 Å². The number of amides is 2. The van der Waals surface area contributed by atoms with Gasteiger partial charge in [0.1, 0.15) is 6.10 Å². The van der Waals surface area contributed by atoms with Gasteiger partial charge in [-0.25, -0.2) is 0 Å². The van der Waals surface area contributed by atoms with Gasteiger partial charge in [-0.2, -0.15) is 0 Å². The van der Waals surface area contributed by atoms with E-state index in [-0.39, 0.29) is 17.7 Å². The van der Waals surface area contributed by atoms with Crippen molar-refractivity contribution in [2.45, 2.75) is 31.8 Å². The van der Waals surface area contributed by atoms with E-state index in [0.29, 0.717) is 47.2 Å². The van der Waals surface area contributed by atoms with E-state index in [0.717, 1.165) is 16.6 Å². The van der Waals surface area contributed by atoms with Crippen LogP contribution < -0.4 is 10.6 Å². The molecule has 2 aromatic rings. The largest absolute Gasteiger partial charge is 0.368 e. The monoisotopic (exact) mass is 381 g/mol. The number of benzene rings is 1. The molecule has 2 amide bonds. The van der Waals surface area contributed by atoms with Gasteiger partial charge in [0.15, 0.2) is 0 Å². The number of anilines is 1. The Hall–Kier alpha value is -1.76. The highest BCUT2D eigenvalue weighted by molar-refractivity contribution is 6.46. The third-order valence-corrected chi connectivity index (χ3v) is 5.63. The van der Waals surface area contributed by atoms with Gasteiger partial charge in [0, 0.05) is 30.5 Å². The summed E-state index contributed by atoms with van der Waals surface area (Å²) in [6, 6.07) is 1.63. The summed E-state index contributed by atoms with van der Waals surface area (Å²) in [6.07, 6.45) is 0.913. The van der Waals surface area contributed by atoms with E-state index in [2.05, 4.69) is 15.6 Å². The molecule has 6 nitrogen and oxygen atoms in total. The average Bonchev–Trinajstić information content (AvgIpc) is 2.83. The molecule has 0 saturated carbocycles. The van der Waals surface area contributed by atoms with Crippen LogP contribution in [0.3, 0.4) is 0 Å². The van der Waals surface area contributed by atoms with E-state index < -0.39 is 6.10 Å². The van der Waals surface area contributed by atoms with Crippen LogP contribution in [0, 0.1) is 0 Å². The Morgan fingerprint density at radius 1 is 1.40 bits per heavy atom. The van der Waals surface area contributed by atoms with Crippen LogP contribution in [0.1, 0.15) is 30.5 Å². The molecule has 0 aliphatic carbocycles. The van der Waals surface area contributed by atoms with E-state index in [1.165, 1.54) is 0 Å². The summed E-state index contributed by atoms with van der Waals surface area (Å²) in [5.41, 5.74) is 2.98. The Kier molecular flexibility index (Phi) is 4.14. The van der Waals surface area contributed by atoms with E-state index in [9.17, 15) is 9.59 Å². The molecule has 2 aliphatic heterocycles. The number of hydrogen-bond acceptors (Lipinski definition) is 3. The van der Waals surface area contributed by atoms with Crippen molar-refractivity contribution < 1.29 is 14.3 Å². The van der Waals surface area contributed by atoms with Gasteiger partial charge in [-0.3, -0.25) is 9.59 Å². The molecular weight excluding hydrogens is 365 g/mol. The van der Waals surface area contributed by atoms with Gasteiger partial charge in [-0.1, -0.05) is 23.2 Å². The molecule has 8 heteroatoms. The molecule has 2 unspecified atom stereocenters.